The summed E-state index contributed by atoms with van der Waals surface area (Å²) in [5.74, 6) is -0.00422. The second-order valence-corrected chi connectivity index (χ2v) is 5.75. The molecular weight excluding hydrogens is 252 g/mol. The zero-order chi connectivity index (χ0) is 15.3. The van der Waals surface area contributed by atoms with Crippen LogP contribution in [0.3, 0.4) is 0 Å². The van der Waals surface area contributed by atoms with Crippen molar-refractivity contribution in [2.45, 2.75) is 27.7 Å². The molecule has 4 heteroatoms. The van der Waals surface area contributed by atoms with Gasteiger partial charge in [-0.05, 0) is 37.0 Å². The van der Waals surface area contributed by atoms with Crippen LogP contribution in [0.2, 0.25) is 0 Å². The van der Waals surface area contributed by atoms with Crippen LogP contribution in [0.25, 0.3) is 0 Å². The van der Waals surface area contributed by atoms with Crippen LogP contribution in [-0.4, -0.2) is 36.2 Å². The van der Waals surface area contributed by atoms with Crippen molar-refractivity contribution in [3.63, 3.8) is 0 Å². The van der Waals surface area contributed by atoms with Crippen molar-refractivity contribution in [1.82, 2.24) is 4.90 Å². The lowest BCUT2D eigenvalue weighted by Crippen LogP contribution is -2.39. The molecule has 1 rings (SSSR count). The maximum absolute atomic E-state index is 12.3. The van der Waals surface area contributed by atoms with Crippen molar-refractivity contribution in [2.24, 2.45) is 11.7 Å². The second kappa shape index (κ2) is 7.20. The van der Waals surface area contributed by atoms with Gasteiger partial charge in [0.1, 0.15) is 0 Å². The van der Waals surface area contributed by atoms with Gasteiger partial charge in [0.05, 0.1) is 13.1 Å². The molecule has 0 heterocycles. The largest absolute Gasteiger partial charge is 0.369 e. The average Bonchev–Trinajstić information content (AvgIpc) is 2.30. The number of benzene rings is 1. The van der Waals surface area contributed by atoms with Crippen LogP contribution in [-0.2, 0) is 4.79 Å². The van der Waals surface area contributed by atoms with E-state index in [1.165, 1.54) is 0 Å². The molecule has 0 fully saturated rings. The first-order valence-corrected chi connectivity index (χ1v) is 6.90. The Labute approximate surface area is 121 Å². The molecule has 1 amide bonds. The van der Waals surface area contributed by atoms with E-state index < -0.39 is 5.91 Å². The molecule has 0 saturated heterocycles. The molecule has 1 aromatic carbocycles. The third kappa shape index (κ3) is 5.13. The third-order valence-corrected chi connectivity index (χ3v) is 3.20. The van der Waals surface area contributed by atoms with Crippen molar-refractivity contribution in [3.05, 3.63) is 34.9 Å². The molecule has 0 aromatic heterocycles. The van der Waals surface area contributed by atoms with Crippen LogP contribution >= 0.6 is 0 Å². The Bertz CT molecular complexity index is 495. The zero-order valence-electron chi connectivity index (χ0n) is 12.8. The second-order valence-electron chi connectivity index (χ2n) is 5.75. The van der Waals surface area contributed by atoms with Gasteiger partial charge in [0.25, 0.3) is 0 Å². The SMILES string of the molecule is Cc1ccc(C(=O)CN(CC(N)=O)CC(C)C)cc1C. The summed E-state index contributed by atoms with van der Waals surface area (Å²) in [4.78, 5) is 25.2. The summed E-state index contributed by atoms with van der Waals surface area (Å²) in [6, 6.07) is 5.68. The molecule has 0 unspecified atom stereocenters. The van der Waals surface area contributed by atoms with Gasteiger partial charge in [-0.3, -0.25) is 14.5 Å². The number of rotatable bonds is 7. The summed E-state index contributed by atoms with van der Waals surface area (Å²) in [5.41, 5.74) is 8.18. The van der Waals surface area contributed by atoms with Gasteiger partial charge in [0.15, 0.2) is 5.78 Å². The van der Waals surface area contributed by atoms with E-state index in [0.717, 1.165) is 11.1 Å². The molecule has 1 aromatic rings. The molecule has 0 spiro atoms. The highest BCUT2D eigenvalue weighted by Crippen LogP contribution is 2.11. The van der Waals surface area contributed by atoms with Crippen LogP contribution in [0.1, 0.15) is 35.3 Å². The van der Waals surface area contributed by atoms with E-state index in [0.29, 0.717) is 18.0 Å². The minimum absolute atomic E-state index is 0.0231. The molecule has 0 atom stereocenters. The summed E-state index contributed by atoms with van der Waals surface area (Å²) in [6.45, 7) is 9.13. The lowest BCUT2D eigenvalue weighted by Gasteiger charge is -2.22. The molecule has 0 aliphatic rings. The summed E-state index contributed by atoms with van der Waals surface area (Å²) < 4.78 is 0. The number of hydrogen-bond acceptors (Lipinski definition) is 3. The number of amides is 1. The lowest BCUT2D eigenvalue weighted by atomic mass is 10.0. The minimum atomic E-state index is -0.404. The van der Waals surface area contributed by atoms with Gasteiger partial charge < -0.3 is 5.73 Å². The van der Waals surface area contributed by atoms with Gasteiger partial charge in [0, 0.05) is 12.1 Å². The van der Waals surface area contributed by atoms with Crippen LogP contribution in [0.15, 0.2) is 18.2 Å². The average molecular weight is 276 g/mol. The number of Topliss-reactive ketones (excluding diaryl/α,β-unsaturated/α-hetero) is 1. The molecule has 20 heavy (non-hydrogen) atoms. The number of primary amides is 1. The summed E-state index contributed by atoms with van der Waals surface area (Å²) in [7, 11) is 0. The minimum Gasteiger partial charge on any atom is -0.369 e. The number of nitrogens with zero attached hydrogens (tertiary/aromatic N) is 1. The summed E-state index contributed by atoms with van der Waals surface area (Å²) in [6.07, 6.45) is 0. The van der Waals surface area contributed by atoms with Crippen molar-refractivity contribution < 1.29 is 9.59 Å². The predicted octanol–water partition coefficient (Wildman–Crippen LogP) is 1.93. The fourth-order valence-electron chi connectivity index (χ4n) is 2.13. The number of aryl methyl sites for hydroxylation is 2. The summed E-state index contributed by atoms with van der Waals surface area (Å²) in [5, 5.41) is 0. The first-order valence-electron chi connectivity index (χ1n) is 6.90. The Morgan fingerprint density at radius 3 is 2.30 bits per heavy atom. The number of ketones is 1. The van der Waals surface area contributed by atoms with E-state index >= 15 is 0 Å². The topological polar surface area (TPSA) is 63.4 Å². The van der Waals surface area contributed by atoms with E-state index in [-0.39, 0.29) is 18.9 Å². The third-order valence-electron chi connectivity index (χ3n) is 3.20. The standard InChI is InChI=1S/C16H24N2O2/c1-11(2)8-18(10-16(17)20)9-15(19)14-6-5-12(3)13(4)7-14/h5-7,11H,8-10H2,1-4H3,(H2,17,20). The number of nitrogens with two attached hydrogens (primary N) is 1. The van der Waals surface area contributed by atoms with Crippen LogP contribution < -0.4 is 5.73 Å². The number of carbonyl (C=O) groups is 2. The number of carbonyl (C=O) groups excluding carboxylic acids is 2. The highest BCUT2D eigenvalue weighted by atomic mass is 16.1. The fraction of sp³-hybridized carbons (Fsp3) is 0.500. The predicted molar refractivity (Wildman–Crippen MR) is 80.7 cm³/mol. The Balaban J connectivity index is 2.78. The van der Waals surface area contributed by atoms with E-state index in [9.17, 15) is 9.59 Å². The van der Waals surface area contributed by atoms with Crippen LogP contribution in [0.4, 0.5) is 0 Å². The molecular formula is C16H24N2O2. The molecule has 0 radical (unpaired) electrons. The maximum atomic E-state index is 12.3. The first kappa shape index (κ1) is 16.4. The van der Waals surface area contributed by atoms with Gasteiger partial charge >= 0.3 is 0 Å². The van der Waals surface area contributed by atoms with Gasteiger partial charge in [-0.2, -0.15) is 0 Å². The van der Waals surface area contributed by atoms with Crippen molar-refractivity contribution in [1.29, 1.82) is 0 Å². The fourth-order valence-corrected chi connectivity index (χ4v) is 2.13. The lowest BCUT2D eigenvalue weighted by molar-refractivity contribution is -0.119. The van der Waals surface area contributed by atoms with Gasteiger partial charge in [-0.25, -0.2) is 0 Å². The molecule has 0 saturated carbocycles. The smallest absolute Gasteiger partial charge is 0.231 e. The molecule has 2 N–H and O–H groups in total. The van der Waals surface area contributed by atoms with E-state index in [1.807, 2.05) is 36.9 Å². The Kier molecular flexibility index (Phi) is 5.89. The Morgan fingerprint density at radius 2 is 1.80 bits per heavy atom. The first-order chi connectivity index (χ1) is 9.29. The van der Waals surface area contributed by atoms with E-state index in [2.05, 4.69) is 13.8 Å². The monoisotopic (exact) mass is 276 g/mol. The van der Waals surface area contributed by atoms with E-state index in [1.54, 1.807) is 0 Å². The molecule has 0 aliphatic carbocycles. The maximum Gasteiger partial charge on any atom is 0.231 e. The van der Waals surface area contributed by atoms with E-state index in [4.69, 9.17) is 5.73 Å². The normalized spacial score (nSPS) is 11.1. The van der Waals surface area contributed by atoms with Gasteiger partial charge in [0.2, 0.25) is 5.91 Å². The zero-order valence-corrected chi connectivity index (χ0v) is 12.8. The van der Waals surface area contributed by atoms with Crippen molar-refractivity contribution >= 4 is 11.7 Å². The Hall–Kier alpha value is -1.68. The molecule has 0 aliphatic heterocycles. The van der Waals surface area contributed by atoms with Gasteiger partial charge in [-0.15, -0.1) is 0 Å². The highest BCUT2D eigenvalue weighted by molar-refractivity contribution is 5.98. The van der Waals surface area contributed by atoms with Crippen LogP contribution in [0, 0.1) is 19.8 Å². The van der Waals surface area contributed by atoms with Crippen molar-refractivity contribution in [2.75, 3.05) is 19.6 Å². The van der Waals surface area contributed by atoms with Gasteiger partial charge in [-0.1, -0.05) is 26.0 Å². The molecule has 0 bridgehead atoms. The quantitative estimate of drug-likeness (QED) is 0.774. The summed E-state index contributed by atoms with van der Waals surface area (Å²) >= 11 is 0. The molecule has 4 nitrogen and oxygen atoms in total. The van der Waals surface area contributed by atoms with Crippen molar-refractivity contribution in [3.8, 4) is 0 Å². The number of hydrogen-bond donors (Lipinski definition) is 1. The van der Waals surface area contributed by atoms with Crippen LogP contribution in [0.5, 0.6) is 0 Å². The Morgan fingerprint density at radius 1 is 1.15 bits per heavy atom. The highest BCUT2D eigenvalue weighted by Gasteiger charge is 2.16. The molecule has 110 valence electrons.